The summed E-state index contributed by atoms with van der Waals surface area (Å²) in [5.74, 6) is 0. The molecule has 0 atom stereocenters. The fraction of sp³-hybridized carbons (Fsp3) is 0.143. The maximum atomic E-state index is 8.50. The van der Waals surface area contributed by atoms with E-state index in [2.05, 4.69) is 5.32 Å². The molecule has 4 heteroatoms. The van der Waals surface area contributed by atoms with Gasteiger partial charge in [-0.2, -0.15) is 0 Å². The van der Waals surface area contributed by atoms with Crippen molar-refractivity contribution in [3.8, 4) is 0 Å². The number of rotatable bonds is 2. The van der Waals surface area contributed by atoms with E-state index in [9.17, 15) is 0 Å². The lowest BCUT2D eigenvalue weighted by Gasteiger charge is -2.02. The first-order valence-electron chi connectivity index (χ1n) is 3.03. The van der Waals surface area contributed by atoms with Crippen molar-refractivity contribution in [1.29, 1.82) is 0 Å². The maximum Gasteiger partial charge on any atom is 0.113 e. The summed E-state index contributed by atoms with van der Waals surface area (Å²) < 4.78 is 0. The lowest BCUT2D eigenvalue weighted by atomic mass is 10.3. The van der Waals surface area contributed by atoms with Gasteiger partial charge in [-0.15, -0.1) is 0 Å². The second-order valence-electron chi connectivity index (χ2n) is 1.99. The highest BCUT2D eigenvalue weighted by Gasteiger charge is 1.95. The van der Waals surface area contributed by atoms with E-state index in [-0.39, 0.29) is 6.73 Å². The molecule has 0 saturated heterocycles. The normalized spacial score (nSPS) is 9.73. The largest absolute Gasteiger partial charge is 0.377 e. The van der Waals surface area contributed by atoms with Gasteiger partial charge >= 0.3 is 0 Å². The first-order valence-corrected chi connectivity index (χ1v) is 3.79. The Morgan fingerprint density at radius 1 is 1.18 bits per heavy atom. The molecular weight excluding hydrogens is 185 g/mol. The number of aliphatic hydroxyl groups excluding tert-OH is 1. The standard InChI is InChI=1S/C7H7Cl2NO/c8-5-1-6(9)3-7(2-5)10-4-11/h1-3,10-11H,4H2. The van der Waals surface area contributed by atoms with E-state index < -0.39 is 0 Å². The monoisotopic (exact) mass is 191 g/mol. The Kier molecular flexibility index (Phi) is 3.00. The Morgan fingerprint density at radius 3 is 2.18 bits per heavy atom. The molecule has 0 fully saturated rings. The van der Waals surface area contributed by atoms with Crippen molar-refractivity contribution in [3.05, 3.63) is 28.2 Å². The van der Waals surface area contributed by atoms with Gasteiger partial charge in [0.25, 0.3) is 0 Å². The molecule has 11 heavy (non-hydrogen) atoms. The van der Waals surface area contributed by atoms with E-state index in [1.54, 1.807) is 18.2 Å². The molecule has 0 bridgehead atoms. The van der Waals surface area contributed by atoms with E-state index in [0.29, 0.717) is 15.7 Å². The van der Waals surface area contributed by atoms with E-state index in [1.165, 1.54) is 0 Å². The number of anilines is 1. The third-order valence-corrected chi connectivity index (χ3v) is 1.58. The third kappa shape index (κ3) is 2.58. The molecule has 2 nitrogen and oxygen atoms in total. The van der Waals surface area contributed by atoms with E-state index in [0.717, 1.165) is 0 Å². The predicted molar refractivity (Wildman–Crippen MR) is 47.2 cm³/mol. The fourth-order valence-corrected chi connectivity index (χ4v) is 1.27. The van der Waals surface area contributed by atoms with Gasteiger partial charge in [0.05, 0.1) is 0 Å². The second-order valence-corrected chi connectivity index (χ2v) is 2.87. The van der Waals surface area contributed by atoms with Crippen LogP contribution in [0.15, 0.2) is 18.2 Å². The minimum atomic E-state index is -0.128. The van der Waals surface area contributed by atoms with Crippen LogP contribution in [0.3, 0.4) is 0 Å². The zero-order valence-electron chi connectivity index (χ0n) is 5.64. The molecule has 0 radical (unpaired) electrons. The summed E-state index contributed by atoms with van der Waals surface area (Å²) in [4.78, 5) is 0. The minimum absolute atomic E-state index is 0.128. The molecule has 1 aromatic rings. The first kappa shape index (κ1) is 8.65. The zero-order valence-corrected chi connectivity index (χ0v) is 7.15. The summed E-state index contributed by atoms with van der Waals surface area (Å²) in [6.07, 6.45) is 0. The van der Waals surface area contributed by atoms with Crippen LogP contribution in [-0.2, 0) is 0 Å². The summed E-state index contributed by atoms with van der Waals surface area (Å²) in [6.45, 7) is -0.128. The Morgan fingerprint density at radius 2 is 1.73 bits per heavy atom. The van der Waals surface area contributed by atoms with Gasteiger partial charge in [0.15, 0.2) is 0 Å². The van der Waals surface area contributed by atoms with Crippen molar-refractivity contribution in [1.82, 2.24) is 0 Å². The molecule has 0 aromatic heterocycles. The number of aliphatic hydroxyl groups is 1. The van der Waals surface area contributed by atoms with Crippen LogP contribution in [0.2, 0.25) is 10.0 Å². The molecule has 0 unspecified atom stereocenters. The average molecular weight is 192 g/mol. The van der Waals surface area contributed by atoms with Gasteiger partial charge in [0.1, 0.15) is 6.73 Å². The van der Waals surface area contributed by atoms with Crippen LogP contribution in [0.4, 0.5) is 5.69 Å². The summed E-state index contributed by atoms with van der Waals surface area (Å²) in [5, 5.41) is 12.3. The molecule has 60 valence electrons. The second kappa shape index (κ2) is 3.81. The molecular formula is C7H7Cl2NO. The fourth-order valence-electron chi connectivity index (χ4n) is 0.747. The lowest BCUT2D eigenvalue weighted by Crippen LogP contribution is -1.98. The van der Waals surface area contributed by atoms with Gasteiger partial charge in [0, 0.05) is 15.7 Å². The van der Waals surface area contributed by atoms with E-state index in [4.69, 9.17) is 28.3 Å². The van der Waals surface area contributed by atoms with Crippen molar-refractivity contribution < 1.29 is 5.11 Å². The third-order valence-electron chi connectivity index (χ3n) is 1.15. The van der Waals surface area contributed by atoms with Crippen LogP contribution >= 0.6 is 23.2 Å². The molecule has 0 saturated carbocycles. The number of halogens is 2. The highest BCUT2D eigenvalue weighted by atomic mass is 35.5. The molecule has 0 aliphatic rings. The van der Waals surface area contributed by atoms with Gasteiger partial charge in [-0.3, -0.25) is 0 Å². The molecule has 0 aliphatic carbocycles. The van der Waals surface area contributed by atoms with Crippen LogP contribution in [0.5, 0.6) is 0 Å². The van der Waals surface area contributed by atoms with Crippen molar-refractivity contribution >= 4 is 28.9 Å². The lowest BCUT2D eigenvalue weighted by molar-refractivity contribution is 0.325. The molecule has 0 spiro atoms. The summed E-state index contributed by atoms with van der Waals surface area (Å²) >= 11 is 11.4. The smallest absolute Gasteiger partial charge is 0.113 e. The Hall–Kier alpha value is -0.440. The quantitative estimate of drug-likeness (QED) is 0.705. The van der Waals surface area contributed by atoms with Gasteiger partial charge in [-0.05, 0) is 18.2 Å². The SMILES string of the molecule is OCNc1cc(Cl)cc(Cl)c1. The Bertz CT molecular complexity index is 232. The average Bonchev–Trinajstić information content (AvgIpc) is 1.85. The van der Waals surface area contributed by atoms with Crippen molar-refractivity contribution in [2.45, 2.75) is 0 Å². The molecule has 2 N–H and O–H groups in total. The van der Waals surface area contributed by atoms with Crippen LogP contribution in [-0.4, -0.2) is 11.8 Å². The Labute approximate surface area is 74.7 Å². The van der Waals surface area contributed by atoms with Crippen LogP contribution in [0, 0.1) is 0 Å². The highest BCUT2D eigenvalue weighted by Crippen LogP contribution is 2.21. The van der Waals surface area contributed by atoms with Crippen molar-refractivity contribution in [2.75, 3.05) is 12.0 Å². The van der Waals surface area contributed by atoms with Gasteiger partial charge in [-0.1, -0.05) is 23.2 Å². The number of hydrogen-bond acceptors (Lipinski definition) is 2. The van der Waals surface area contributed by atoms with Crippen molar-refractivity contribution in [2.24, 2.45) is 0 Å². The molecule has 0 heterocycles. The number of hydrogen-bond donors (Lipinski definition) is 2. The first-order chi connectivity index (χ1) is 5.22. The zero-order chi connectivity index (χ0) is 8.27. The van der Waals surface area contributed by atoms with Gasteiger partial charge < -0.3 is 10.4 Å². The molecule has 0 aliphatic heterocycles. The number of nitrogens with one attached hydrogen (secondary N) is 1. The molecule has 1 aromatic carbocycles. The van der Waals surface area contributed by atoms with E-state index >= 15 is 0 Å². The Balaban J connectivity index is 2.89. The van der Waals surface area contributed by atoms with Gasteiger partial charge in [0.2, 0.25) is 0 Å². The summed E-state index contributed by atoms with van der Waals surface area (Å²) in [7, 11) is 0. The summed E-state index contributed by atoms with van der Waals surface area (Å²) in [5.41, 5.74) is 0.713. The molecule has 0 amide bonds. The topological polar surface area (TPSA) is 32.3 Å². The predicted octanol–water partition coefficient (Wildman–Crippen LogP) is 2.36. The summed E-state index contributed by atoms with van der Waals surface area (Å²) in [6, 6.07) is 5.00. The highest BCUT2D eigenvalue weighted by molar-refractivity contribution is 6.35. The van der Waals surface area contributed by atoms with Crippen LogP contribution < -0.4 is 5.32 Å². The maximum absolute atomic E-state index is 8.50. The van der Waals surface area contributed by atoms with Crippen LogP contribution in [0.1, 0.15) is 0 Å². The molecule has 1 rings (SSSR count). The number of benzene rings is 1. The van der Waals surface area contributed by atoms with Crippen LogP contribution in [0.25, 0.3) is 0 Å². The minimum Gasteiger partial charge on any atom is -0.377 e. The van der Waals surface area contributed by atoms with Crippen molar-refractivity contribution in [3.63, 3.8) is 0 Å². The van der Waals surface area contributed by atoms with E-state index in [1.807, 2.05) is 0 Å². The van der Waals surface area contributed by atoms with Gasteiger partial charge in [-0.25, -0.2) is 0 Å².